The Hall–Kier alpha value is -1.97. The van der Waals surface area contributed by atoms with Crippen molar-refractivity contribution < 1.29 is 5.11 Å². The summed E-state index contributed by atoms with van der Waals surface area (Å²) in [5, 5.41) is 12.8. The highest BCUT2D eigenvalue weighted by Crippen LogP contribution is 2.30. The van der Waals surface area contributed by atoms with E-state index in [0.29, 0.717) is 10.9 Å². The van der Waals surface area contributed by atoms with Gasteiger partial charge in [0.25, 0.3) is 0 Å². The monoisotopic (exact) mass is 174 g/mol. The third-order valence-electron chi connectivity index (χ3n) is 1.82. The van der Waals surface area contributed by atoms with E-state index < -0.39 is 0 Å². The summed E-state index contributed by atoms with van der Waals surface area (Å²) >= 11 is 0. The van der Waals surface area contributed by atoms with Gasteiger partial charge in [0.1, 0.15) is 17.0 Å². The largest absolute Gasteiger partial charge is 0.507 e. The molecule has 0 saturated heterocycles. The van der Waals surface area contributed by atoms with E-state index in [0.717, 1.165) is 0 Å². The summed E-state index contributed by atoms with van der Waals surface area (Å²) in [5.41, 5.74) is 0.672. The molecular weight excluding hydrogens is 168 g/mol. The molecule has 0 fully saturated rings. The van der Waals surface area contributed by atoms with E-state index in [1.165, 1.54) is 12.1 Å². The molecule has 0 aliphatic heterocycles. The van der Waals surface area contributed by atoms with Crippen molar-refractivity contribution in [2.45, 2.75) is 0 Å². The van der Waals surface area contributed by atoms with Crippen molar-refractivity contribution in [1.29, 1.82) is 0 Å². The van der Waals surface area contributed by atoms with Crippen molar-refractivity contribution in [3.63, 3.8) is 0 Å². The summed E-state index contributed by atoms with van der Waals surface area (Å²) in [4.78, 5) is 14.3. The molecule has 0 atom stereocenters. The fraction of sp³-hybridized carbons (Fsp3) is 0. The van der Waals surface area contributed by atoms with Crippen molar-refractivity contribution in [3.8, 4) is 5.75 Å². The summed E-state index contributed by atoms with van der Waals surface area (Å²) < 4.78 is 0. The molecule has 0 saturated carbocycles. The van der Waals surface area contributed by atoms with E-state index in [4.69, 9.17) is 0 Å². The first-order valence-electron chi connectivity index (χ1n) is 3.73. The van der Waals surface area contributed by atoms with Crippen molar-refractivity contribution >= 4 is 16.6 Å². The average Bonchev–Trinajstić information content (AvgIpc) is 2.19. The molecule has 1 heterocycles. The number of nitrogens with zero attached hydrogens (tertiary/aromatic N) is 2. The van der Waals surface area contributed by atoms with Crippen LogP contribution in [0.4, 0.5) is 5.69 Å². The summed E-state index contributed by atoms with van der Waals surface area (Å²) in [6, 6.07) is 6.25. The number of benzene rings is 1. The van der Waals surface area contributed by atoms with Crippen LogP contribution in [0.1, 0.15) is 0 Å². The first-order valence-corrected chi connectivity index (χ1v) is 3.73. The van der Waals surface area contributed by atoms with Gasteiger partial charge in [0.05, 0.1) is 0 Å². The molecule has 0 unspecified atom stereocenters. The van der Waals surface area contributed by atoms with Crippen LogP contribution in [0.2, 0.25) is 0 Å². The number of phenolic OH excluding ortho intramolecular Hbond substituents is 1. The summed E-state index contributed by atoms with van der Waals surface area (Å²) in [6.45, 7) is 0. The third kappa shape index (κ3) is 1.12. The van der Waals surface area contributed by atoms with Gasteiger partial charge in [-0.15, -0.1) is 4.91 Å². The maximum atomic E-state index is 10.4. The number of hydrogen-bond donors (Lipinski definition) is 1. The molecule has 0 spiro atoms. The van der Waals surface area contributed by atoms with Crippen LogP contribution in [0.5, 0.6) is 5.75 Å². The quantitative estimate of drug-likeness (QED) is 0.675. The van der Waals surface area contributed by atoms with E-state index >= 15 is 0 Å². The molecular formula is C9H6N2O2. The van der Waals surface area contributed by atoms with Crippen LogP contribution in [-0.2, 0) is 0 Å². The van der Waals surface area contributed by atoms with Gasteiger partial charge in [-0.1, -0.05) is 0 Å². The lowest BCUT2D eigenvalue weighted by Crippen LogP contribution is -1.78. The van der Waals surface area contributed by atoms with E-state index in [9.17, 15) is 10.0 Å². The topological polar surface area (TPSA) is 62.5 Å². The normalized spacial score (nSPS) is 10.2. The van der Waals surface area contributed by atoms with E-state index in [1.54, 1.807) is 18.3 Å². The second kappa shape index (κ2) is 2.82. The van der Waals surface area contributed by atoms with Crippen LogP contribution in [-0.4, -0.2) is 10.1 Å². The van der Waals surface area contributed by atoms with E-state index in [2.05, 4.69) is 10.2 Å². The minimum absolute atomic E-state index is 0.107. The number of phenols is 1. The van der Waals surface area contributed by atoms with Gasteiger partial charge in [-0.05, 0) is 29.4 Å². The molecule has 0 amide bonds. The first kappa shape index (κ1) is 7.67. The summed E-state index contributed by atoms with van der Waals surface area (Å²) in [5.74, 6) is 0.107. The fourth-order valence-corrected chi connectivity index (χ4v) is 1.22. The average molecular weight is 174 g/mol. The van der Waals surface area contributed by atoms with Gasteiger partial charge < -0.3 is 5.11 Å². The zero-order chi connectivity index (χ0) is 9.26. The van der Waals surface area contributed by atoms with Gasteiger partial charge in [0, 0.05) is 11.6 Å². The minimum Gasteiger partial charge on any atom is -0.507 e. The molecule has 0 radical (unpaired) electrons. The molecule has 2 rings (SSSR count). The van der Waals surface area contributed by atoms with Gasteiger partial charge in [-0.2, -0.15) is 0 Å². The Bertz CT molecular complexity index is 468. The first-order chi connectivity index (χ1) is 6.33. The molecule has 0 bridgehead atoms. The lowest BCUT2D eigenvalue weighted by molar-refractivity contribution is 0.481. The fourth-order valence-electron chi connectivity index (χ4n) is 1.22. The molecule has 0 aliphatic carbocycles. The highest BCUT2D eigenvalue weighted by Gasteiger charge is 2.05. The van der Waals surface area contributed by atoms with Crippen LogP contribution >= 0.6 is 0 Å². The van der Waals surface area contributed by atoms with Crippen molar-refractivity contribution in [1.82, 2.24) is 4.98 Å². The molecule has 4 heteroatoms. The Morgan fingerprint density at radius 3 is 2.92 bits per heavy atom. The molecule has 13 heavy (non-hydrogen) atoms. The molecule has 1 N–H and O–H groups in total. The smallest absolute Gasteiger partial charge is 0.134 e. The van der Waals surface area contributed by atoms with Crippen LogP contribution in [0.3, 0.4) is 0 Å². The van der Waals surface area contributed by atoms with Crippen molar-refractivity contribution in [2.24, 2.45) is 5.18 Å². The number of nitroso groups, excluding NO2 is 1. The van der Waals surface area contributed by atoms with E-state index in [1.807, 2.05) is 0 Å². The zero-order valence-electron chi connectivity index (χ0n) is 6.64. The predicted octanol–water partition coefficient (Wildman–Crippen LogP) is 2.34. The predicted molar refractivity (Wildman–Crippen MR) is 48.9 cm³/mol. The number of aromatic nitrogens is 1. The minimum atomic E-state index is 0.107. The SMILES string of the molecule is O=Nc1ccc(O)c2cccnc12. The highest BCUT2D eigenvalue weighted by molar-refractivity contribution is 5.93. The lowest BCUT2D eigenvalue weighted by atomic mass is 10.2. The van der Waals surface area contributed by atoms with Gasteiger partial charge in [-0.25, -0.2) is 0 Å². The Balaban J connectivity index is 2.92. The summed E-state index contributed by atoms with van der Waals surface area (Å²) in [7, 11) is 0. The number of rotatable bonds is 1. The highest BCUT2D eigenvalue weighted by atomic mass is 16.3. The maximum absolute atomic E-state index is 10.4. The Morgan fingerprint density at radius 1 is 1.31 bits per heavy atom. The van der Waals surface area contributed by atoms with Gasteiger partial charge in [0.15, 0.2) is 0 Å². The Labute approximate surface area is 73.8 Å². The van der Waals surface area contributed by atoms with E-state index in [-0.39, 0.29) is 11.4 Å². The number of aromatic hydroxyl groups is 1. The van der Waals surface area contributed by atoms with Crippen LogP contribution in [0.25, 0.3) is 10.9 Å². The second-order valence-corrected chi connectivity index (χ2v) is 2.59. The maximum Gasteiger partial charge on any atom is 0.134 e. The molecule has 64 valence electrons. The van der Waals surface area contributed by atoms with Gasteiger partial charge in [-0.3, -0.25) is 4.98 Å². The van der Waals surface area contributed by atoms with Crippen molar-refractivity contribution in [3.05, 3.63) is 35.4 Å². The van der Waals surface area contributed by atoms with Crippen molar-refractivity contribution in [2.75, 3.05) is 0 Å². The number of pyridine rings is 1. The van der Waals surface area contributed by atoms with Gasteiger partial charge in [0.2, 0.25) is 0 Å². The lowest BCUT2D eigenvalue weighted by Gasteiger charge is -1.99. The summed E-state index contributed by atoms with van der Waals surface area (Å²) in [6.07, 6.45) is 1.55. The van der Waals surface area contributed by atoms with Gasteiger partial charge >= 0.3 is 0 Å². The second-order valence-electron chi connectivity index (χ2n) is 2.59. The Kier molecular flexibility index (Phi) is 1.66. The zero-order valence-corrected chi connectivity index (χ0v) is 6.64. The molecule has 4 nitrogen and oxygen atoms in total. The molecule has 1 aromatic carbocycles. The molecule has 0 aliphatic rings. The number of fused-ring (bicyclic) bond motifs is 1. The van der Waals surface area contributed by atoms with Crippen LogP contribution in [0, 0.1) is 4.91 Å². The standard InChI is InChI=1S/C9H6N2O2/c12-8-4-3-7(11-13)9-6(8)2-1-5-10-9/h1-5,12H. The molecule has 1 aromatic heterocycles. The Morgan fingerprint density at radius 2 is 2.15 bits per heavy atom. The van der Waals surface area contributed by atoms with Crippen LogP contribution < -0.4 is 0 Å². The third-order valence-corrected chi connectivity index (χ3v) is 1.82. The van der Waals surface area contributed by atoms with Crippen LogP contribution in [0.15, 0.2) is 35.6 Å². The molecule has 2 aromatic rings. The number of hydrogen-bond acceptors (Lipinski definition) is 4.